The summed E-state index contributed by atoms with van der Waals surface area (Å²) in [6.45, 7) is 1.74. The molecule has 3 aromatic rings. The molecule has 0 atom stereocenters. The third-order valence-corrected chi connectivity index (χ3v) is 5.25. The van der Waals surface area contributed by atoms with E-state index in [1.165, 1.54) is 17.3 Å². The van der Waals surface area contributed by atoms with Crippen molar-refractivity contribution in [2.24, 2.45) is 0 Å². The van der Waals surface area contributed by atoms with Crippen LogP contribution >= 0.6 is 0 Å². The molecule has 1 aliphatic heterocycles. The fraction of sp³-hybridized carbons (Fsp3) is 0.208. The van der Waals surface area contributed by atoms with Crippen molar-refractivity contribution in [1.29, 1.82) is 0 Å². The van der Waals surface area contributed by atoms with Crippen LogP contribution in [0.25, 0.3) is 0 Å². The Hall–Kier alpha value is -3.47. The minimum atomic E-state index is -0.139. The van der Waals surface area contributed by atoms with Crippen LogP contribution in [0, 0.1) is 0 Å². The maximum absolute atomic E-state index is 13.0. The molecule has 0 N–H and O–H groups in total. The molecule has 5 nitrogen and oxygen atoms in total. The second-order valence-corrected chi connectivity index (χ2v) is 7.32. The van der Waals surface area contributed by atoms with E-state index < -0.39 is 0 Å². The summed E-state index contributed by atoms with van der Waals surface area (Å²) in [6.07, 6.45) is 2.37. The lowest BCUT2D eigenvalue weighted by molar-refractivity contribution is 0.0728. The highest BCUT2D eigenvalue weighted by Crippen LogP contribution is 2.20. The van der Waals surface area contributed by atoms with Gasteiger partial charge in [-0.15, -0.1) is 0 Å². The van der Waals surface area contributed by atoms with Gasteiger partial charge in [0.2, 0.25) is 0 Å². The van der Waals surface area contributed by atoms with Crippen molar-refractivity contribution in [2.45, 2.75) is 19.5 Å². The van der Waals surface area contributed by atoms with Crippen LogP contribution in [0.4, 0.5) is 0 Å². The number of hydrogen-bond donors (Lipinski definition) is 0. The molecule has 0 aliphatic carbocycles. The lowest BCUT2D eigenvalue weighted by Gasteiger charge is -2.28. The van der Waals surface area contributed by atoms with Crippen LogP contribution in [0.3, 0.4) is 0 Å². The molecule has 0 radical (unpaired) electrons. The zero-order valence-electron chi connectivity index (χ0n) is 16.4. The van der Waals surface area contributed by atoms with E-state index in [9.17, 15) is 9.59 Å². The van der Waals surface area contributed by atoms with Crippen molar-refractivity contribution in [3.05, 3.63) is 101 Å². The molecule has 1 aliphatic rings. The van der Waals surface area contributed by atoms with Crippen molar-refractivity contribution < 1.29 is 9.59 Å². The number of carbonyl (C=O) groups excluding carboxylic acids is 2. The summed E-state index contributed by atoms with van der Waals surface area (Å²) in [7, 11) is 1.76. The van der Waals surface area contributed by atoms with Crippen molar-refractivity contribution in [1.82, 2.24) is 14.8 Å². The molecule has 0 fully saturated rings. The van der Waals surface area contributed by atoms with Crippen molar-refractivity contribution in [3.8, 4) is 0 Å². The monoisotopic (exact) mass is 385 g/mol. The molecule has 2 amide bonds. The molecular weight excluding hydrogens is 362 g/mol. The van der Waals surface area contributed by atoms with Gasteiger partial charge in [-0.2, -0.15) is 0 Å². The van der Waals surface area contributed by atoms with Crippen LogP contribution in [-0.4, -0.2) is 40.2 Å². The summed E-state index contributed by atoms with van der Waals surface area (Å²) >= 11 is 0. The number of amides is 2. The first kappa shape index (κ1) is 18.9. The largest absolute Gasteiger partial charge is 0.337 e. The number of pyridine rings is 1. The lowest BCUT2D eigenvalue weighted by Crippen LogP contribution is -2.36. The highest BCUT2D eigenvalue weighted by atomic mass is 16.2. The number of nitrogens with zero attached hydrogens (tertiary/aromatic N) is 3. The van der Waals surface area contributed by atoms with E-state index in [1.807, 2.05) is 42.5 Å². The van der Waals surface area contributed by atoms with Crippen molar-refractivity contribution in [3.63, 3.8) is 0 Å². The summed E-state index contributed by atoms with van der Waals surface area (Å²) in [5.41, 5.74) is 4.29. The summed E-state index contributed by atoms with van der Waals surface area (Å²) in [4.78, 5) is 33.5. The average Bonchev–Trinajstić information content (AvgIpc) is 2.78. The second-order valence-electron chi connectivity index (χ2n) is 7.32. The molecule has 0 saturated heterocycles. The highest BCUT2D eigenvalue weighted by Gasteiger charge is 2.23. The van der Waals surface area contributed by atoms with E-state index in [2.05, 4.69) is 17.1 Å². The van der Waals surface area contributed by atoms with E-state index in [0.717, 1.165) is 12.0 Å². The Balaban J connectivity index is 1.48. The summed E-state index contributed by atoms with van der Waals surface area (Å²) in [5, 5.41) is 0. The van der Waals surface area contributed by atoms with Crippen LogP contribution in [0.1, 0.15) is 37.5 Å². The zero-order chi connectivity index (χ0) is 20.2. The number of benzene rings is 2. The molecule has 2 aromatic carbocycles. The van der Waals surface area contributed by atoms with Gasteiger partial charge in [-0.25, -0.2) is 0 Å². The van der Waals surface area contributed by atoms with Gasteiger partial charge in [0.15, 0.2) is 0 Å². The standard InChI is InChI=1S/C24H23N3O2/c1-26(16-18-7-3-2-4-8-18)23(28)20-11-13-25-22(15-20)24(29)27-14-12-19-9-5-6-10-21(19)17-27/h2-11,13,15H,12,14,16-17H2,1H3. The molecule has 5 heteroatoms. The van der Waals surface area contributed by atoms with Gasteiger partial charge in [-0.3, -0.25) is 14.6 Å². The van der Waals surface area contributed by atoms with Crippen LogP contribution in [0.5, 0.6) is 0 Å². The topological polar surface area (TPSA) is 53.5 Å². The van der Waals surface area contributed by atoms with E-state index in [1.54, 1.807) is 29.0 Å². The first-order valence-electron chi connectivity index (χ1n) is 9.73. The van der Waals surface area contributed by atoms with E-state index in [-0.39, 0.29) is 11.8 Å². The predicted molar refractivity (Wildman–Crippen MR) is 111 cm³/mol. The number of fused-ring (bicyclic) bond motifs is 1. The van der Waals surface area contributed by atoms with Crippen LogP contribution < -0.4 is 0 Å². The maximum atomic E-state index is 13.0. The molecule has 2 heterocycles. The SMILES string of the molecule is CN(Cc1ccccc1)C(=O)c1ccnc(C(=O)N2CCc3ccccc3C2)c1. The Kier molecular flexibility index (Phi) is 5.38. The van der Waals surface area contributed by atoms with Crippen LogP contribution in [0.2, 0.25) is 0 Å². The molecule has 29 heavy (non-hydrogen) atoms. The fourth-order valence-electron chi connectivity index (χ4n) is 3.66. The summed E-state index contributed by atoms with van der Waals surface area (Å²) < 4.78 is 0. The van der Waals surface area contributed by atoms with Gasteiger partial charge in [0.1, 0.15) is 5.69 Å². The second kappa shape index (κ2) is 8.27. The number of rotatable bonds is 4. The molecular formula is C24H23N3O2. The Labute approximate surface area is 170 Å². The summed E-state index contributed by atoms with van der Waals surface area (Å²) in [6, 6.07) is 21.3. The van der Waals surface area contributed by atoms with Crippen LogP contribution in [0.15, 0.2) is 72.9 Å². The van der Waals surface area contributed by atoms with Gasteiger partial charge < -0.3 is 9.80 Å². The lowest BCUT2D eigenvalue weighted by atomic mass is 9.99. The van der Waals surface area contributed by atoms with Gasteiger partial charge in [0.25, 0.3) is 11.8 Å². The normalized spacial score (nSPS) is 12.9. The quantitative estimate of drug-likeness (QED) is 0.690. The molecule has 1 aromatic heterocycles. The van der Waals surface area contributed by atoms with Crippen LogP contribution in [-0.2, 0) is 19.5 Å². The average molecular weight is 385 g/mol. The summed E-state index contributed by atoms with van der Waals surface area (Å²) in [5.74, 6) is -0.269. The third-order valence-electron chi connectivity index (χ3n) is 5.25. The highest BCUT2D eigenvalue weighted by molar-refractivity contribution is 5.98. The Morgan fingerprint density at radius 3 is 2.52 bits per heavy atom. The van der Waals surface area contributed by atoms with Gasteiger partial charge in [-0.1, -0.05) is 54.6 Å². The molecule has 0 bridgehead atoms. The van der Waals surface area contributed by atoms with E-state index in [4.69, 9.17) is 0 Å². The van der Waals surface area contributed by atoms with Gasteiger partial charge in [-0.05, 0) is 35.2 Å². The first-order chi connectivity index (χ1) is 14.1. The molecule has 0 unspecified atom stereocenters. The number of aromatic nitrogens is 1. The van der Waals surface area contributed by atoms with E-state index >= 15 is 0 Å². The smallest absolute Gasteiger partial charge is 0.272 e. The minimum Gasteiger partial charge on any atom is -0.337 e. The maximum Gasteiger partial charge on any atom is 0.272 e. The third kappa shape index (κ3) is 4.19. The Morgan fingerprint density at radius 2 is 1.72 bits per heavy atom. The van der Waals surface area contributed by atoms with Gasteiger partial charge in [0.05, 0.1) is 0 Å². The van der Waals surface area contributed by atoms with Crippen molar-refractivity contribution >= 4 is 11.8 Å². The van der Waals surface area contributed by atoms with Gasteiger partial charge >= 0.3 is 0 Å². The molecule has 4 rings (SSSR count). The first-order valence-corrected chi connectivity index (χ1v) is 9.73. The Bertz CT molecular complexity index is 1030. The molecule has 146 valence electrons. The van der Waals surface area contributed by atoms with Gasteiger partial charge in [0, 0.05) is 38.4 Å². The molecule has 0 spiro atoms. The number of carbonyl (C=O) groups is 2. The fourth-order valence-corrected chi connectivity index (χ4v) is 3.66. The van der Waals surface area contributed by atoms with Crippen molar-refractivity contribution in [2.75, 3.05) is 13.6 Å². The predicted octanol–water partition coefficient (Wildman–Crippen LogP) is 3.55. The molecule has 0 saturated carbocycles. The minimum absolute atomic E-state index is 0.130. The zero-order valence-corrected chi connectivity index (χ0v) is 16.4. The van der Waals surface area contributed by atoms with E-state index in [0.29, 0.717) is 30.9 Å². The Morgan fingerprint density at radius 1 is 1.00 bits per heavy atom. The number of hydrogen-bond acceptors (Lipinski definition) is 3.